The number of rotatable bonds is 5. The van der Waals surface area contributed by atoms with E-state index in [0.717, 1.165) is 22.2 Å². The third-order valence-corrected chi connectivity index (χ3v) is 6.02. The lowest BCUT2D eigenvalue weighted by Crippen LogP contribution is -2.20. The summed E-state index contributed by atoms with van der Waals surface area (Å²) >= 11 is 0. The van der Waals surface area contributed by atoms with Crippen LogP contribution in [0.15, 0.2) is 96.6 Å². The summed E-state index contributed by atoms with van der Waals surface area (Å²) < 4.78 is 5.55. The summed E-state index contributed by atoms with van der Waals surface area (Å²) in [5.41, 5.74) is 9.86. The van der Waals surface area contributed by atoms with Gasteiger partial charge in [-0.1, -0.05) is 48.5 Å². The molecule has 0 saturated carbocycles. The highest BCUT2D eigenvalue weighted by Crippen LogP contribution is 2.19. The number of hydrogen-bond donors (Lipinski definition) is 1. The van der Waals surface area contributed by atoms with Crippen molar-refractivity contribution >= 4 is 27.9 Å². The van der Waals surface area contributed by atoms with Crippen LogP contribution in [0.25, 0.3) is 27.6 Å². The third-order valence-electron chi connectivity index (χ3n) is 6.02. The maximum atomic E-state index is 12.8. The summed E-state index contributed by atoms with van der Waals surface area (Å²) in [7, 11) is 0. The molecule has 6 aromatic rings. The molecule has 34 heavy (non-hydrogen) atoms. The lowest BCUT2D eigenvalue weighted by atomic mass is 10.1. The Balaban J connectivity index is 1.35. The average molecular weight is 448 g/mol. The van der Waals surface area contributed by atoms with Crippen molar-refractivity contribution < 1.29 is 0 Å². The molecular weight excluding hydrogens is 426 g/mol. The Bertz CT molecular complexity index is 1680. The van der Waals surface area contributed by atoms with Gasteiger partial charge in [-0.2, -0.15) is 4.98 Å². The van der Waals surface area contributed by atoms with Crippen LogP contribution >= 0.6 is 0 Å². The van der Waals surface area contributed by atoms with Crippen molar-refractivity contribution in [1.82, 2.24) is 28.7 Å². The maximum absolute atomic E-state index is 12.8. The van der Waals surface area contributed by atoms with Crippen molar-refractivity contribution in [2.75, 3.05) is 5.73 Å². The van der Waals surface area contributed by atoms with Crippen LogP contribution in [0.1, 0.15) is 11.1 Å². The molecule has 2 N–H and O–H groups in total. The number of anilines is 1. The van der Waals surface area contributed by atoms with Crippen LogP contribution in [-0.4, -0.2) is 28.7 Å². The minimum atomic E-state index is -0.377. The van der Waals surface area contributed by atoms with Crippen molar-refractivity contribution in [2.45, 2.75) is 13.1 Å². The SMILES string of the molecule is Nc1nc(=O)c2c(ncn2Cc2ccc3ccccc3c2)n1Cc1ccc(-n2ccnc2)cc1. The molecule has 0 unspecified atom stereocenters. The van der Waals surface area contributed by atoms with Gasteiger partial charge in [0.05, 0.1) is 19.2 Å². The van der Waals surface area contributed by atoms with Gasteiger partial charge < -0.3 is 14.9 Å². The molecule has 0 aliphatic carbocycles. The molecule has 0 aliphatic rings. The summed E-state index contributed by atoms with van der Waals surface area (Å²) in [6, 6.07) is 22.6. The molecule has 8 heteroatoms. The summed E-state index contributed by atoms with van der Waals surface area (Å²) in [6.07, 6.45) is 7.07. The fourth-order valence-electron chi connectivity index (χ4n) is 4.29. The zero-order valence-electron chi connectivity index (χ0n) is 18.2. The molecule has 0 saturated heterocycles. The Hall–Kier alpha value is -4.72. The van der Waals surface area contributed by atoms with E-state index in [1.54, 1.807) is 23.4 Å². The van der Waals surface area contributed by atoms with E-state index in [-0.39, 0.29) is 11.5 Å². The van der Waals surface area contributed by atoms with Gasteiger partial charge >= 0.3 is 5.56 Å². The Labute approximate surface area is 194 Å². The standard InChI is InChI=1S/C26H21N7O/c27-26-30-25(34)23-24(33(26)15-18-6-9-22(10-7-18)31-12-11-28-16-31)29-17-32(23)14-19-5-8-20-3-1-2-4-21(20)13-19/h1-13,16-17H,14-15H2,(H2,27,30,34). The highest BCUT2D eigenvalue weighted by atomic mass is 16.1. The van der Waals surface area contributed by atoms with Crippen LogP contribution in [0.3, 0.4) is 0 Å². The minimum absolute atomic E-state index is 0.146. The second kappa shape index (κ2) is 8.00. The van der Waals surface area contributed by atoms with Crippen molar-refractivity contribution in [1.29, 1.82) is 0 Å². The molecule has 166 valence electrons. The Morgan fingerprint density at radius 2 is 1.65 bits per heavy atom. The first-order chi connectivity index (χ1) is 16.7. The molecule has 8 nitrogen and oxygen atoms in total. The summed E-state index contributed by atoms with van der Waals surface area (Å²) in [4.78, 5) is 25.5. The van der Waals surface area contributed by atoms with E-state index in [0.29, 0.717) is 24.3 Å². The van der Waals surface area contributed by atoms with Crippen LogP contribution in [-0.2, 0) is 13.1 Å². The first kappa shape index (κ1) is 19.9. The van der Waals surface area contributed by atoms with Crippen molar-refractivity contribution in [3.8, 4) is 5.69 Å². The lowest BCUT2D eigenvalue weighted by Gasteiger charge is -2.12. The number of nitrogens with two attached hydrogens (primary N) is 1. The van der Waals surface area contributed by atoms with Crippen LogP contribution in [0.2, 0.25) is 0 Å². The Morgan fingerprint density at radius 1 is 0.853 bits per heavy atom. The first-order valence-electron chi connectivity index (χ1n) is 10.9. The predicted molar refractivity (Wildman–Crippen MR) is 132 cm³/mol. The number of nitrogens with zero attached hydrogens (tertiary/aromatic N) is 6. The van der Waals surface area contributed by atoms with E-state index in [2.05, 4.69) is 45.3 Å². The topological polar surface area (TPSA) is 96.6 Å². The summed E-state index contributed by atoms with van der Waals surface area (Å²) in [6.45, 7) is 0.967. The molecule has 3 aromatic carbocycles. The number of benzene rings is 3. The number of hydrogen-bond acceptors (Lipinski definition) is 5. The molecule has 0 spiro atoms. The fourth-order valence-corrected chi connectivity index (χ4v) is 4.29. The van der Waals surface area contributed by atoms with Crippen LogP contribution in [0.5, 0.6) is 0 Å². The van der Waals surface area contributed by atoms with E-state index in [1.807, 2.05) is 51.7 Å². The largest absolute Gasteiger partial charge is 0.369 e. The number of aromatic nitrogens is 6. The molecule has 0 amide bonds. The van der Waals surface area contributed by atoms with Gasteiger partial charge in [-0.25, -0.2) is 9.97 Å². The second-order valence-electron chi connectivity index (χ2n) is 8.22. The molecule has 0 atom stereocenters. The second-order valence-corrected chi connectivity index (χ2v) is 8.22. The van der Waals surface area contributed by atoms with E-state index in [9.17, 15) is 4.79 Å². The molecule has 6 rings (SSSR count). The lowest BCUT2D eigenvalue weighted by molar-refractivity contribution is 0.797. The normalized spacial score (nSPS) is 11.4. The number of nitrogen functional groups attached to an aromatic ring is 1. The van der Waals surface area contributed by atoms with Gasteiger partial charge in [-0.05, 0) is 40.1 Å². The van der Waals surface area contributed by atoms with Gasteiger partial charge in [-0.3, -0.25) is 9.36 Å². The number of fused-ring (bicyclic) bond motifs is 2. The summed E-state index contributed by atoms with van der Waals surface area (Å²) in [5.74, 6) is 0.146. The van der Waals surface area contributed by atoms with Crippen molar-refractivity contribution in [2.24, 2.45) is 0 Å². The quantitative estimate of drug-likeness (QED) is 0.436. The maximum Gasteiger partial charge on any atom is 0.300 e. The zero-order valence-corrected chi connectivity index (χ0v) is 18.2. The number of imidazole rings is 2. The Kier molecular flexibility index (Phi) is 4.69. The van der Waals surface area contributed by atoms with Crippen LogP contribution in [0, 0.1) is 0 Å². The fraction of sp³-hybridized carbons (Fsp3) is 0.0769. The monoisotopic (exact) mass is 447 g/mol. The summed E-state index contributed by atoms with van der Waals surface area (Å²) in [5, 5.41) is 2.33. The molecule has 3 aromatic heterocycles. The smallest absolute Gasteiger partial charge is 0.300 e. The molecule has 0 aliphatic heterocycles. The zero-order chi connectivity index (χ0) is 23.1. The minimum Gasteiger partial charge on any atom is -0.369 e. The van der Waals surface area contributed by atoms with E-state index in [4.69, 9.17) is 5.73 Å². The molecule has 0 fully saturated rings. The predicted octanol–water partition coefficient (Wildman–Crippen LogP) is 3.61. The highest BCUT2D eigenvalue weighted by Gasteiger charge is 2.15. The van der Waals surface area contributed by atoms with Crippen LogP contribution in [0.4, 0.5) is 5.95 Å². The van der Waals surface area contributed by atoms with E-state index < -0.39 is 0 Å². The van der Waals surface area contributed by atoms with Gasteiger partial charge in [-0.15, -0.1) is 0 Å². The highest BCUT2D eigenvalue weighted by molar-refractivity contribution is 5.83. The molecule has 3 heterocycles. The van der Waals surface area contributed by atoms with Crippen molar-refractivity contribution in [3.63, 3.8) is 0 Å². The van der Waals surface area contributed by atoms with E-state index >= 15 is 0 Å². The van der Waals surface area contributed by atoms with Gasteiger partial charge in [0, 0.05) is 24.6 Å². The third kappa shape index (κ3) is 3.51. The van der Waals surface area contributed by atoms with E-state index in [1.165, 1.54) is 5.39 Å². The molecular formula is C26H21N7O. The first-order valence-corrected chi connectivity index (χ1v) is 10.9. The Morgan fingerprint density at radius 3 is 2.44 bits per heavy atom. The van der Waals surface area contributed by atoms with Gasteiger partial charge in [0.15, 0.2) is 11.2 Å². The van der Waals surface area contributed by atoms with Gasteiger partial charge in [0.1, 0.15) is 0 Å². The van der Waals surface area contributed by atoms with Gasteiger partial charge in [0.2, 0.25) is 5.95 Å². The molecule has 0 bridgehead atoms. The van der Waals surface area contributed by atoms with Crippen molar-refractivity contribution in [3.05, 3.63) is 113 Å². The van der Waals surface area contributed by atoms with Gasteiger partial charge in [0.25, 0.3) is 0 Å². The molecule has 0 radical (unpaired) electrons. The van der Waals surface area contributed by atoms with Crippen LogP contribution < -0.4 is 11.3 Å². The average Bonchev–Trinajstić information content (AvgIpc) is 3.53.